The van der Waals surface area contributed by atoms with Gasteiger partial charge in [-0.05, 0) is 45.2 Å². The van der Waals surface area contributed by atoms with Crippen LogP contribution < -0.4 is 4.74 Å². The van der Waals surface area contributed by atoms with Gasteiger partial charge in [-0.25, -0.2) is 4.79 Å². The second kappa shape index (κ2) is 6.38. The first-order chi connectivity index (χ1) is 10.3. The number of likely N-dealkylation sites (tertiary alicyclic amines) is 1. The molecule has 0 spiro atoms. The number of para-hydroxylation sites is 1. The summed E-state index contributed by atoms with van der Waals surface area (Å²) in [4.78, 5) is 25.4. The van der Waals surface area contributed by atoms with Gasteiger partial charge in [-0.3, -0.25) is 4.79 Å². The van der Waals surface area contributed by atoms with Crippen molar-refractivity contribution in [1.29, 1.82) is 0 Å². The fraction of sp³-hybridized carbons (Fsp3) is 0.529. The second-order valence-corrected chi connectivity index (χ2v) is 6.43. The maximum atomic E-state index is 12.7. The molecule has 1 unspecified atom stereocenters. The summed E-state index contributed by atoms with van der Waals surface area (Å²) in [5, 5.41) is 9.22. The van der Waals surface area contributed by atoms with Crippen LogP contribution in [0.2, 0.25) is 0 Å². The number of amides is 1. The van der Waals surface area contributed by atoms with Crippen LogP contribution in [0.4, 0.5) is 0 Å². The minimum atomic E-state index is -0.929. The standard InChI is InChI=1S/C17H23NO4/c1-12-7-4-5-9-14(12)22-11-17(2,3)16(21)18-10-6-8-13(18)15(19)20/h4-5,7,9,13H,6,8,10-11H2,1-3H3,(H,19,20). The van der Waals surface area contributed by atoms with Crippen molar-refractivity contribution >= 4 is 11.9 Å². The fourth-order valence-corrected chi connectivity index (χ4v) is 2.69. The van der Waals surface area contributed by atoms with Gasteiger partial charge < -0.3 is 14.7 Å². The molecular weight excluding hydrogens is 282 g/mol. The van der Waals surface area contributed by atoms with Crippen LogP contribution in [0, 0.1) is 12.3 Å². The number of carbonyl (C=O) groups excluding carboxylic acids is 1. The summed E-state index contributed by atoms with van der Waals surface area (Å²) in [6.07, 6.45) is 1.26. The molecular formula is C17H23NO4. The number of carbonyl (C=O) groups is 2. The van der Waals surface area contributed by atoms with Crippen molar-refractivity contribution in [3.8, 4) is 5.75 Å². The molecule has 1 aliphatic rings. The summed E-state index contributed by atoms with van der Waals surface area (Å²) < 4.78 is 5.78. The Balaban J connectivity index is 2.04. The Hall–Kier alpha value is -2.04. The molecule has 1 aliphatic heterocycles. The van der Waals surface area contributed by atoms with Gasteiger partial charge in [0.1, 0.15) is 18.4 Å². The van der Waals surface area contributed by atoms with Crippen molar-refractivity contribution in [1.82, 2.24) is 4.90 Å². The van der Waals surface area contributed by atoms with E-state index in [4.69, 9.17) is 4.74 Å². The van der Waals surface area contributed by atoms with Gasteiger partial charge >= 0.3 is 5.97 Å². The number of nitrogens with zero attached hydrogens (tertiary/aromatic N) is 1. The number of carboxylic acid groups (broad SMARTS) is 1. The molecule has 0 saturated carbocycles. The molecule has 2 rings (SSSR count). The SMILES string of the molecule is Cc1ccccc1OCC(C)(C)C(=O)N1CCCC1C(=O)O. The number of carboxylic acids is 1. The van der Waals surface area contributed by atoms with E-state index in [1.54, 1.807) is 13.8 Å². The Labute approximate surface area is 130 Å². The number of rotatable bonds is 5. The van der Waals surface area contributed by atoms with Crippen LogP contribution in [0.15, 0.2) is 24.3 Å². The molecule has 1 atom stereocenters. The van der Waals surface area contributed by atoms with Gasteiger partial charge in [-0.2, -0.15) is 0 Å². The molecule has 1 aromatic carbocycles. The van der Waals surface area contributed by atoms with Crippen molar-refractivity contribution in [2.45, 2.75) is 39.7 Å². The first kappa shape index (κ1) is 16.3. The van der Waals surface area contributed by atoms with Crippen molar-refractivity contribution in [2.75, 3.05) is 13.2 Å². The molecule has 1 N–H and O–H groups in total. The average Bonchev–Trinajstić information content (AvgIpc) is 2.95. The third kappa shape index (κ3) is 3.40. The molecule has 0 radical (unpaired) electrons. The van der Waals surface area contributed by atoms with Crippen LogP contribution in [-0.4, -0.2) is 41.1 Å². The van der Waals surface area contributed by atoms with Gasteiger partial charge in [0.2, 0.25) is 5.91 Å². The summed E-state index contributed by atoms with van der Waals surface area (Å²) in [5.41, 5.74) is 0.246. The first-order valence-electron chi connectivity index (χ1n) is 7.55. The van der Waals surface area contributed by atoms with E-state index in [0.717, 1.165) is 17.7 Å². The highest BCUT2D eigenvalue weighted by Gasteiger charge is 2.41. The van der Waals surface area contributed by atoms with Crippen molar-refractivity contribution < 1.29 is 19.4 Å². The van der Waals surface area contributed by atoms with Crippen LogP contribution in [-0.2, 0) is 9.59 Å². The lowest BCUT2D eigenvalue weighted by Gasteiger charge is -2.31. The van der Waals surface area contributed by atoms with E-state index in [9.17, 15) is 14.7 Å². The zero-order valence-corrected chi connectivity index (χ0v) is 13.3. The molecule has 1 heterocycles. The molecule has 1 amide bonds. The van der Waals surface area contributed by atoms with E-state index in [1.165, 1.54) is 4.90 Å². The molecule has 5 nitrogen and oxygen atoms in total. The third-order valence-corrected chi connectivity index (χ3v) is 4.06. The van der Waals surface area contributed by atoms with Gasteiger partial charge in [-0.1, -0.05) is 18.2 Å². The summed E-state index contributed by atoms with van der Waals surface area (Å²) in [5.74, 6) is -0.341. The summed E-state index contributed by atoms with van der Waals surface area (Å²) in [6.45, 7) is 6.27. The monoisotopic (exact) mass is 305 g/mol. The van der Waals surface area contributed by atoms with Crippen molar-refractivity contribution in [3.63, 3.8) is 0 Å². The maximum Gasteiger partial charge on any atom is 0.326 e. The Morgan fingerprint density at radius 3 is 2.68 bits per heavy atom. The number of ether oxygens (including phenoxy) is 1. The highest BCUT2D eigenvalue weighted by atomic mass is 16.5. The van der Waals surface area contributed by atoms with E-state index in [-0.39, 0.29) is 12.5 Å². The Bertz CT molecular complexity index is 568. The lowest BCUT2D eigenvalue weighted by atomic mass is 9.92. The molecule has 22 heavy (non-hydrogen) atoms. The first-order valence-corrected chi connectivity index (χ1v) is 7.55. The minimum Gasteiger partial charge on any atom is -0.492 e. The van der Waals surface area contributed by atoms with E-state index in [0.29, 0.717) is 13.0 Å². The number of aryl methyl sites for hydroxylation is 1. The molecule has 1 saturated heterocycles. The van der Waals surface area contributed by atoms with Gasteiger partial charge in [0.15, 0.2) is 0 Å². The summed E-state index contributed by atoms with van der Waals surface area (Å²) in [7, 11) is 0. The zero-order valence-electron chi connectivity index (χ0n) is 13.3. The number of benzene rings is 1. The molecule has 0 aromatic heterocycles. The largest absolute Gasteiger partial charge is 0.492 e. The van der Waals surface area contributed by atoms with Gasteiger partial charge in [-0.15, -0.1) is 0 Å². The molecule has 0 aliphatic carbocycles. The van der Waals surface area contributed by atoms with E-state index in [1.807, 2.05) is 31.2 Å². The van der Waals surface area contributed by atoms with E-state index < -0.39 is 17.4 Å². The van der Waals surface area contributed by atoms with Crippen LogP contribution >= 0.6 is 0 Å². The lowest BCUT2D eigenvalue weighted by Crippen LogP contribution is -2.48. The van der Waals surface area contributed by atoms with Gasteiger partial charge in [0.25, 0.3) is 0 Å². The van der Waals surface area contributed by atoms with Crippen molar-refractivity contribution in [2.24, 2.45) is 5.41 Å². The predicted octanol–water partition coefficient (Wildman–Crippen LogP) is 2.48. The van der Waals surface area contributed by atoms with Gasteiger partial charge in [0, 0.05) is 6.54 Å². The highest BCUT2D eigenvalue weighted by Crippen LogP contribution is 2.28. The second-order valence-electron chi connectivity index (χ2n) is 6.43. The van der Waals surface area contributed by atoms with E-state index in [2.05, 4.69) is 0 Å². The fourth-order valence-electron chi connectivity index (χ4n) is 2.69. The predicted molar refractivity (Wildman–Crippen MR) is 82.8 cm³/mol. The van der Waals surface area contributed by atoms with Crippen LogP contribution in [0.1, 0.15) is 32.3 Å². The molecule has 1 fully saturated rings. The van der Waals surface area contributed by atoms with Gasteiger partial charge in [0.05, 0.1) is 5.41 Å². The topological polar surface area (TPSA) is 66.8 Å². The highest BCUT2D eigenvalue weighted by molar-refractivity contribution is 5.87. The summed E-state index contributed by atoms with van der Waals surface area (Å²) >= 11 is 0. The average molecular weight is 305 g/mol. The van der Waals surface area contributed by atoms with Crippen LogP contribution in [0.25, 0.3) is 0 Å². The molecule has 1 aromatic rings. The Morgan fingerprint density at radius 2 is 2.05 bits per heavy atom. The maximum absolute atomic E-state index is 12.7. The van der Waals surface area contributed by atoms with Crippen LogP contribution in [0.5, 0.6) is 5.75 Å². The van der Waals surface area contributed by atoms with Crippen molar-refractivity contribution in [3.05, 3.63) is 29.8 Å². The smallest absolute Gasteiger partial charge is 0.326 e. The quantitative estimate of drug-likeness (QED) is 0.907. The van der Waals surface area contributed by atoms with Crippen LogP contribution in [0.3, 0.4) is 0 Å². The molecule has 5 heteroatoms. The normalized spacial score (nSPS) is 18.3. The molecule has 0 bridgehead atoms. The molecule has 120 valence electrons. The minimum absolute atomic E-state index is 0.161. The number of aliphatic carboxylic acids is 1. The number of hydrogen-bond acceptors (Lipinski definition) is 3. The Morgan fingerprint density at radius 1 is 1.36 bits per heavy atom. The number of hydrogen-bond donors (Lipinski definition) is 1. The Kier molecular flexibility index (Phi) is 4.74. The van der Waals surface area contributed by atoms with E-state index >= 15 is 0 Å². The zero-order chi connectivity index (χ0) is 16.3. The summed E-state index contributed by atoms with van der Waals surface area (Å²) in [6, 6.07) is 6.93. The lowest BCUT2D eigenvalue weighted by molar-refractivity contribution is -0.153. The third-order valence-electron chi connectivity index (χ3n) is 4.06.